The van der Waals surface area contributed by atoms with Gasteiger partial charge >= 0.3 is 0 Å². The van der Waals surface area contributed by atoms with Crippen LogP contribution in [0.4, 0.5) is 5.13 Å². The van der Waals surface area contributed by atoms with Crippen molar-refractivity contribution in [1.29, 1.82) is 0 Å². The Bertz CT molecular complexity index is 294. The van der Waals surface area contributed by atoms with Crippen LogP contribution < -0.4 is 10.6 Å². The summed E-state index contributed by atoms with van der Waals surface area (Å²) in [7, 11) is 0. The van der Waals surface area contributed by atoms with Crippen LogP contribution in [0.5, 0.6) is 0 Å². The fourth-order valence-corrected chi connectivity index (χ4v) is 2.31. The highest BCUT2D eigenvalue weighted by molar-refractivity contribution is 7.15. The molecule has 1 aliphatic rings. The van der Waals surface area contributed by atoms with Crippen molar-refractivity contribution in [1.82, 2.24) is 4.98 Å². The largest absolute Gasteiger partial charge is 0.378 e. The second-order valence-corrected chi connectivity index (χ2v) is 4.47. The van der Waals surface area contributed by atoms with E-state index in [0.717, 1.165) is 36.3 Å². The highest BCUT2D eigenvalue weighted by atomic mass is 32.1. The molecular formula is C9H15N3OS. The quantitative estimate of drug-likeness (QED) is 0.796. The molecule has 0 spiro atoms. The summed E-state index contributed by atoms with van der Waals surface area (Å²) in [5, 5.41) is 1.07. The van der Waals surface area contributed by atoms with Gasteiger partial charge in [-0.25, -0.2) is 4.98 Å². The van der Waals surface area contributed by atoms with Gasteiger partial charge in [0.25, 0.3) is 0 Å². The van der Waals surface area contributed by atoms with Crippen LogP contribution in [0.3, 0.4) is 0 Å². The van der Waals surface area contributed by atoms with E-state index in [-0.39, 0.29) is 6.04 Å². The average molecular weight is 213 g/mol. The summed E-state index contributed by atoms with van der Waals surface area (Å²) < 4.78 is 5.29. The maximum absolute atomic E-state index is 5.78. The summed E-state index contributed by atoms with van der Waals surface area (Å²) in [5.41, 5.74) is 5.78. The van der Waals surface area contributed by atoms with E-state index in [1.165, 1.54) is 0 Å². The third kappa shape index (κ3) is 2.05. The maximum atomic E-state index is 5.78. The van der Waals surface area contributed by atoms with Crippen LogP contribution in [0, 0.1) is 0 Å². The van der Waals surface area contributed by atoms with Gasteiger partial charge in [0.1, 0.15) is 0 Å². The van der Waals surface area contributed by atoms with Crippen LogP contribution in [-0.2, 0) is 4.74 Å². The number of nitrogens with two attached hydrogens (primary N) is 1. The van der Waals surface area contributed by atoms with E-state index in [0.29, 0.717) is 0 Å². The van der Waals surface area contributed by atoms with Crippen molar-refractivity contribution in [2.45, 2.75) is 13.0 Å². The molecule has 1 aliphatic heterocycles. The lowest BCUT2D eigenvalue weighted by Crippen LogP contribution is -2.36. The molecule has 0 aromatic carbocycles. The number of rotatable bonds is 2. The molecule has 1 aromatic rings. The Kier molecular flexibility index (Phi) is 3.00. The van der Waals surface area contributed by atoms with E-state index < -0.39 is 0 Å². The van der Waals surface area contributed by atoms with Gasteiger partial charge in [0.15, 0.2) is 5.13 Å². The second kappa shape index (κ2) is 4.25. The summed E-state index contributed by atoms with van der Waals surface area (Å²) in [4.78, 5) is 7.76. The van der Waals surface area contributed by atoms with Crippen LogP contribution in [0.1, 0.15) is 17.8 Å². The number of anilines is 1. The molecule has 1 fully saturated rings. The number of hydrogen-bond donors (Lipinski definition) is 1. The normalized spacial score (nSPS) is 19.7. The van der Waals surface area contributed by atoms with Gasteiger partial charge in [0, 0.05) is 30.2 Å². The van der Waals surface area contributed by atoms with Crippen molar-refractivity contribution in [3.8, 4) is 0 Å². The van der Waals surface area contributed by atoms with Gasteiger partial charge in [-0.1, -0.05) is 0 Å². The molecular weight excluding hydrogens is 198 g/mol. The third-order valence-electron chi connectivity index (χ3n) is 2.24. The second-order valence-electron chi connectivity index (χ2n) is 3.43. The molecule has 0 bridgehead atoms. The Morgan fingerprint density at radius 3 is 2.86 bits per heavy atom. The van der Waals surface area contributed by atoms with Crippen LogP contribution in [0.25, 0.3) is 0 Å². The lowest BCUT2D eigenvalue weighted by Gasteiger charge is -2.26. The van der Waals surface area contributed by atoms with E-state index in [4.69, 9.17) is 10.5 Å². The minimum atomic E-state index is 0.0855. The Hall–Kier alpha value is -0.650. The smallest absolute Gasteiger partial charge is 0.185 e. The lowest BCUT2D eigenvalue weighted by atomic mass is 10.3. The molecule has 0 radical (unpaired) electrons. The van der Waals surface area contributed by atoms with Gasteiger partial charge < -0.3 is 15.4 Å². The molecule has 14 heavy (non-hydrogen) atoms. The summed E-state index contributed by atoms with van der Waals surface area (Å²) in [5.74, 6) is 0. The average Bonchev–Trinajstić information content (AvgIpc) is 2.68. The standard InChI is InChI=1S/C9H15N3OS/c1-7(10)8-6-11-9(14-8)12-2-4-13-5-3-12/h6-7H,2-5,10H2,1H3. The van der Waals surface area contributed by atoms with Crippen molar-refractivity contribution in [2.75, 3.05) is 31.2 Å². The van der Waals surface area contributed by atoms with Crippen molar-refractivity contribution >= 4 is 16.5 Å². The molecule has 0 aliphatic carbocycles. The summed E-state index contributed by atoms with van der Waals surface area (Å²) in [6.45, 7) is 5.45. The molecule has 4 nitrogen and oxygen atoms in total. The van der Waals surface area contributed by atoms with Crippen LogP contribution in [0.15, 0.2) is 6.20 Å². The van der Waals surface area contributed by atoms with Gasteiger partial charge in [0.05, 0.1) is 13.2 Å². The molecule has 5 heteroatoms. The Balaban J connectivity index is 2.07. The molecule has 78 valence electrons. The number of aromatic nitrogens is 1. The topological polar surface area (TPSA) is 51.4 Å². The van der Waals surface area contributed by atoms with E-state index in [9.17, 15) is 0 Å². The zero-order chi connectivity index (χ0) is 9.97. The fourth-order valence-electron chi connectivity index (χ4n) is 1.39. The van der Waals surface area contributed by atoms with Gasteiger partial charge in [-0.2, -0.15) is 0 Å². The first-order valence-corrected chi connectivity index (χ1v) is 5.63. The fraction of sp³-hybridized carbons (Fsp3) is 0.667. The van der Waals surface area contributed by atoms with Crippen molar-refractivity contribution in [3.05, 3.63) is 11.1 Å². The first-order chi connectivity index (χ1) is 6.77. The highest BCUT2D eigenvalue weighted by Crippen LogP contribution is 2.26. The molecule has 1 saturated heterocycles. The van der Waals surface area contributed by atoms with Crippen LogP contribution >= 0.6 is 11.3 Å². The Labute approximate surface area is 87.7 Å². The predicted molar refractivity (Wildman–Crippen MR) is 57.7 cm³/mol. The van der Waals surface area contributed by atoms with Crippen LogP contribution in [-0.4, -0.2) is 31.3 Å². The number of morpholine rings is 1. The maximum Gasteiger partial charge on any atom is 0.185 e. The zero-order valence-corrected chi connectivity index (χ0v) is 9.09. The van der Waals surface area contributed by atoms with Gasteiger partial charge in [-0.15, -0.1) is 11.3 Å². The SMILES string of the molecule is CC(N)c1cnc(N2CCOCC2)s1. The molecule has 2 rings (SSSR count). The third-order valence-corrected chi connectivity index (χ3v) is 3.50. The first-order valence-electron chi connectivity index (χ1n) is 4.81. The van der Waals surface area contributed by atoms with Crippen molar-refractivity contribution in [2.24, 2.45) is 5.73 Å². The molecule has 1 aromatic heterocycles. The van der Waals surface area contributed by atoms with E-state index in [1.54, 1.807) is 11.3 Å². The van der Waals surface area contributed by atoms with E-state index in [1.807, 2.05) is 13.1 Å². The summed E-state index contributed by atoms with van der Waals surface area (Å²) in [6, 6.07) is 0.0855. The number of nitrogens with zero attached hydrogens (tertiary/aromatic N) is 2. The van der Waals surface area contributed by atoms with Crippen LogP contribution in [0.2, 0.25) is 0 Å². The minimum Gasteiger partial charge on any atom is -0.378 e. The first kappa shape index (κ1) is 9.89. The van der Waals surface area contributed by atoms with Crippen molar-refractivity contribution in [3.63, 3.8) is 0 Å². The molecule has 0 amide bonds. The van der Waals surface area contributed by atoms with E-state index in [2.05, 4.69) is 9.88 Å². The highest BCUT2D eigenvalue weighted by Gasteiger charge is 2.15. The Morgan fingerprint density at radius 1 is 1.57 bits per heavy atom. The molecule has 0 saturated carbocycles. The number of hydrogen-bond acceptors (Lipinski definition) is 5. The molecule has 2 N–H and O–H groups in total. The summed E-state index contributed by atoms with van der Waals surface area (Å²) >= 11 is 1.68. The van der Waals surface area contributed by atoms with E-state index >= 15 is 0 Å². The predicted octanol–water partition coefficient (Wildman–Crippen LogP) is 0.999. The molecule has 1 unspecified atom stereocenters. The van der Waals surface area contributed by atoms with Gasteiger partial charge in [-0.3, -0.25) is 0 Å². The minimum absolute atomic E-state index is 0.0855. The summed E-state index contributed by atoms with van der Waals surface area (Å²) in [6.07, 6.45) is 1.88. The van der Waals surface area contributed by atoms with Crippen molar-refractivity contribution < 1.29 is 4.74 Å². The van der Waals surface area contributed by atoms with Gasteiger partial charge in [0.2, 0.25) is 0 Å². The monoisotopic (exact) mass is 213 g/mol. The molecule has 1 atom stereocenters. The lowest BCUT2D eigenvalue weighted by molar-refractivity contribution is 0.122. The number of thiazole rings is 1. The molecule has 2 heterocycles. The van der Waals surface area contributed by atoms with Gasteiger partial charge in [-0.05, 0) is 6.92 Å². The zero-order valence-electron chi connectivity index (χ0n) is 8.27. The number of ether oxygens (including phenoxy) is 1. The Morgan fingerprint density at radius 2 is 2.29 bits per heavy atom.